The Kier molecular flexibility index (Phi) is 5.01. The fourth-order valence-corrected chi connectivity index (χ4v) is 3.40. The minimum atomic E-state index is -3.22. The van der Waals surface area contributed by atoms with Gasteiger partial charge in [0.15, 0.2) is 0 Å². The van der Waals surface area contributed by atoms with Crippen LogP contribution in [-0.2, 0) is 16.6 Å². The second-order valence-electron chi connectivity index (χ2n) is 5.09. The minimum absolute atomic E-state index is 0.171. The molecule has 0 aliphatic carbocycles. The van der Waals surface area contributed by atoms with Crippen LogP contribution in [0.1, 0.15) is 37.2 Å². The highest BCUT2D eigenvalue weighted by Gasteiger charge is 2.17. The lowest BCUT2D eigenvalue weighted by Gasteiger charge is -2.23. The Bertz CT molecular complexity index is 490. The van der Waals surface area contributed by atoms with Gasteiger partial charge in [-0.1, -0.05) is 6.42 Å². The van der Waals surface area contributed by atoms with Crippen LogP contribution in [0.3, 0.4) is 0 Å². The molecule has 1 atom stereocenters. The van der Waals surface area contributed by atoms with Gasteiger partial charge in [-0.3, -0.25) is 0 Å². The van der Waals surface area contributed by atoms with Gasteiger partial charge in [0, 0.05) is 6.04 Å². The molecule has 2 heterocycles. The zero-order valence-electron chi connectivity index (χ0n) is 11.3. The molecule has 19 heavy (non-hydrogen) atoms. The van der Waals surface area contributed by atoms with Gasteiger partial charge < -0.3 is 9.73 Å². The van der Waals surface area contributed by atoms with E-state index in [0.717, 1.165) is 18.7 Å². The maximum Gasteiger partial charge on any atom is 0.212 e. The maximum atomic E-state index is 11.9. The van der Waals surface area contributed by atoms with Gasteiger partial charge in [-0.05, 0) is 44.9 Å². The Morgan fingerprint density at radius 2 is 2.26 bits per heavy atom. The molecule has 1 unspecified atom stereocenters. The van der Waals surface area contributed by atoms with Crippen molar-refractivity contribution in [1.29, 1.82) is 0 Å². The molecule has 0 amide bonds. The molecule has 1 aliphatic heterocycles. The second-order valence-corrected chi connectivity index (χ2v) is 7.01. The average molecular weight is 286 g/mol. The molecule has 6 heteroatoms. The van der Waals surface area contributed by atoms with Crippen molar-refractivity contribution in [2.45, 2.75) is 45.2 Å². The third kappa shape index (κ3) is 4.97. The summed E-state index contributed by atoms with van der Waals surface area (Å²) < 4.78 is 31.7. The van der Waals surface area contributed by atoms with Crippen molar-refractivity contribution in [3.63, 3.8) is 0 Å². The Balaban J connectivity index is 1.75. The van der Waals surface area contributed by atoms with Gasteiger partial charge in [0.2, 0.25) is 10.0 Å². The number of aryl methyl sites for hydroxylation is 1. The first-order valence-corrected chi connectivity index (χ1v) is 8.46. The van der Waals surface area contributed by atoms with Gasteiger partial charge >= 0.3 is 0 Å². The van der Waals surface area contributed by atoms with Crippen LogP contribution in [0.15, 0.2) is 16.5 Å². The summed E-state index contributed by atoms with van der Waals surface area (Å²) in [5, 5.41) is 3.36. The van der Waals surface area contributed by atoms with Crippen molar-refractivity contribution in [2.24, 2.45) is 0 Å². The van der Waals surface area contributed by atoms with Crippen molar-refractivity contribution in [2.75, 3.05) is 12.3 Å². The van der Waals surface area contributed by atoms with Gasteiger partial charge in [0.1, 0.15) is 11.5 Å². The largest absolute Gasteiger partial charge is 0.465 e. The maximum absolute atomic E-state index is 11.9. The lowest BCUT2D eigenvalue weighted by atomic mass is 10.0. The molecule has 2 rings (SSSR count). The number of rotatable bonds is 6. The Morgan fingerprint density at radius 1 is 1.42 bits per heavy atom. The second kappa shape index (κ2) is 6.54. The predicted molar refractivity (Wildman–Crippen MR) is 74.3 cm³/mol. The summed E-state index contributed by atoms with van der Waals surface area (Å²) in [5.41, 5.74) is 0. The normalized spacial score (nSPS) is 20.6. The van der Waals surface area contributed by atoms with E-state index >= 15 is 0 Å². The summed E-state index contributed by atoms with van der Waals surface area (Å²) in [6.07, 6.45) is 4.13. The van der Waals surface area contributed by atoms with Crippen molar-refractivity contribution in [1.82, 2.24) is 10.0 Å². The number of hydrogen-bond donors (Lipinski definition) is 2. The molecule has 1 fully saturated rings. The van der Waals surface area contributed by atoms with E-state index in [1.165, 1.54) is 12.8 Å². The standard InChI is InChI=1S/C13H22N2O3S/c1-11-5-6-13(18-11)10-15-19(16,17)9-7-12-4-2-3-8-14-12/h5-6,12,14-15H,2-4,7-10H2,1H3. The number of piperidine rings is 1. The molecule has 5 nitrogen and oxygen atoms in total. The summed E-state index contributed by atoms with van der Waals surface area (Å²) >= 11 is 0. The highest BCUT2D eigenvalue weighted by atomic mass is 32.2. The summed E-state index contributed by atoms with van der Waals surface area (Å²) in [5.74, 6) is 1.61. The first-order chi connectivity index (χ1) is 9.05. The summed E-state index contributed by atoms with van der Waals surface area (Å²) in [6, 6.07) is 3.96. The van der Waals surface area contributed by atoms with E-state index < -0.39 is 10.0 Å². The first kappa shape index (κ1) is 14.6. The van der Waals surface area contributed by atoms with E-state index in [1.54, 1.807) is 6.07 Å². The van der Waals surface area contributed by atoms with Crippen LogP contribution in [0.4, 0.5) is 0 Å². The molecule has 0 aromatic carbocycles. The quantitative estimate of drug-likeness (QED) is 0.832. The summed E-state index contributed by atoms with van der Waals surface area (Å²) in [7, 11) is -3.22. The molecule has 1 saturated heterocycles. The van der Waals surface area contributed by atoms with Gasteiger partial charge in [-0.2, -0.15) is 0 Å². The van der Waals surface area contributed by atoms with E-state index in [4.69, 9.17) is 4.42 Å². The molecular formula is C13H22N2O3S. The fraction of sp³-hybridized carbons (Fsp3) is 0.692. The van der Waals surface area contributed by atoms with E-state index in [9.17, 15) is 8.42 Å². The lowest BCUT2D eigenvalue weighted by Crippen LogP contribution is -2.37. The number of sulfonamides is 1. The topological polar surface area (TPSA) is 71.3 Å². The van der Waals surface area contributed by atoms with E-state index in [2.05, 4.69) is 10.0 Å². The third-order valence-electron chi connectivity index (χ3n) is 3.41. The minimum Gasteiger partial charge on any atom is -0.465 e. The van der Waals surface area contributed by atoms with E-state index in [1.807, 2.05) is 13.0 Å². The highest BCUT2D eigenvalue weighted by molar-refractivity contribution is 7.89. The Morgan fingerprint density at radius 3 is 2.89 bits per heavy atom. The third-order valence-corrected chi connectivity index (χ3v) is 4.77. The SMILES string of the molecule is Cc1ccc(CNS(=O)(=O)CCC2CCCCN2)o1. The first-order valence-electron chi connectivity index (χ1n) is 6.81. The molecule has 0 radical (unpaired) electrons. The van der Waals surface area contributed by atoms with Crippen LogP contribution < -0.4 is 10.0 Å². The van der Waals surface area contributed by atoms with Crippen molar-refractivity contribution in [3.05, 3.63) is 23.7 Å². The molecule has 0 bridgehead atoms. The van der Waals surface area contributed by atoms with Gasteiger partial charge in [-0.25, -0.2) is 13.1 Å². The van der Waals surface area contributed by atoms with E-state index in [0.29, 0.717) is 18.2 Å². The number of hydrogen-bond acceptors (Lipinski definition) is 4. The molecule has 108 valence electrons. The zero-order chi connectivity index (χ0) is 13.7. The van der Waals surface area contributed by atoms with Crippen LogP contribution in [0.2, 0.25) is 0 Å². The predicted octanol–water partition coefficient (Wildman–Crippen LogP) is 1.54. The molecule has 0 saturated carbocycles. The van der Waals surface area contributed by atoms with Crippen LogP contribution in [0.25, 0.3) is 0 Å². The smallest absolute Gasteiger partial charge is 0.212 e. The Labute approximate surface area is 114 Å². The van der Waals surface area contributed by atoms with Crippen LogP contribution in [-0.4, -0.2) is 26.8 Å². The van der Waals surface area contributed by atoms with Crippen LogP contribution in [0, 0.1) is 6.92 Å². The van der Waals surface area contributed by atoms with Crippen molar-refractivity contribution < 1.29 is 12.8 Å². The lowest BCUT2D eigenvalue weighted by molar-refractivity contribution is 0.392. The van der Waals surface area contributed by atoms with Gasteiger partial charge in [-0.15, -0.1) is 0 Å². The highest BCUT2D eigenvalue weighted by Crippen LogP contribution is 2.11. The van der Waals surface area contributed by atoms with Crippen LogP contribution >= 0.6 is 0 Å². The average Bonchev–Trinajstić information content (AvgIpc) is 2.82. The number of nitrogens with one attached hydrogen (secondary N) is 2. The molecule has 2 N–H and O–H groups in total. The fourth-order valence-electron chi connectivity index (χ4n) is 2.30. The summed E-state index contributed by atoms with van der Waals surface area (Å²) in [6.45, 7) is 3.07. The molecular weight excluding hydrogens is 264 g/mol. The molecule has 1 aromatic heterocycles. The molecule has 1 aliphatic rings. The summed E-state index contributed by atoms with van der Waals surface area (Å²) in [4.78, 5) is 0. The number of furan rings is 1. The van der Waals surface area contributed by atoms with E-state index in [-0.39, 0.29) is 12.3 Å². The zero-order valence-corrected chi connectivity index (χ0v) is 12.1. The van der Waals surface area contributed by atoms with Crippen molar-refractivity contribution >= 4 is 10.0 Å². The Hall–Kier alpha value is -0.850. The van der Waals surface area contributed by atoms with Crippen LogP contribution in [0.5, 0.6) is 0 Å². The van der Waals surface area contributed by atoms with Crippen molar-refractivity contribution in [3.8, 4) is 0 Å². The monoisotopic (exact) mass is 286 g/mol. The van der Waals surface area contributed by atoms with Gasteiger partial charge in [0.25, 0.3) is 0 Å². The molecule has 1 aromatic rings. The van der Waals surface area contributed by atoms with Gasteiger partial charge in [0.05, 0.1) is 12.3 Å². The molecule has 0 spiro atoms.